The monoisotopic (exact) mass is 515 g/mol. The summed E-state index contributed by atoms with van der Waals surface area (Å²) in [5.41, 5.74) is 1.13. The van der Waals surface area contributed by atoms with Crippen molar-refractivity contribution in [2.45, 2.75) is 6.54 Å². The van der Waals surface area contributed by atoms with Gasteiger partial charge in [-0.05, 0) is 35.9 Å². The first kappa shape index (κ1) is 22.3. The van der Waals surface area contributed by atoms with E-state index in [-0.39, 0.29) is 56.0 Å². The van der Waals surface area contributed by atoms with E-state index >= 15 is 0 Å². The van der Waals surface area contributed by atoms with Gasteiger partial charge in [-0.25, -0.2) is 4.99 Å². The fraction of sp³-hybridized carbons (Fsp3) is 0.0357. The van der Waals surface area contributed by atoms with Crippen LogP contribution in [0.2, 0.25) is 10.0 Å². The number of halogens is 2. The Kier molecular flexibility index (Phi) is 5.48. The summed E-state index contributed by atoms with van der Waals surface area (Å²) in [6.07, 6.45) is 2.73. The SMILES string of the molecule is O=c1c(/C=C2\OC(=NCc3ccccc3)c3oc4c(Cl)cccc4c(=O)c32)coc2c(Cl)cccc12. The first-order valence-corrected chi connectivity index (χ1v) is 11.7. The molecule has 0 unspecified atom stereocenters. The topological polar surface area (TPSA) is 82.0 Å². The molecule has 3 aromatic carbocycles. The highest BCUT2D eigenvalue weighted by Crippen LogP contribution is 2.34. The minimum absolute atomic E-state index is 0.118. The molecule has 5 aromatic rings. The van der Waals surface area contributed by atoms with Crippen LogP contribution >= 0.6 is 23.2 Å². The molecule has 0 N–H and O–H groups in total. The summed E-state index contributed by atoms with van der Waals surface area (Å²) in [5.74, 6) is 0.393. The third kappa shape index (κ3) is 3.71. The molecule has 6 rings (SSSR count). The quantitative estimate of drug-likeness (QED) is 0.267. The van der Waals surface area contributed by atoms with Crippen molar-refractivity contribution in [3.63, 3.8) is 0 Å². The van der Waals surface area contributed by atoms with Crippen LogP contribution in [0.1, 0.15) is 22.5 Å². The van der Waals surface area contributed by atoms with E-state index in [1.165, 1.54) is 12.3 Å². The molecule has 0 radical (unpaired) electrons. The molecule has 0 fully saturated rings. The zero-order valence-corrected chi connectivity index (χ0v) is 20.0. The summed E-state index contributed by atoms with van der Waals surface area (Å²) in [7, 11) is 0. The second kappa shape index (κ2) is 8.82. The van der Waals surface area contributed by atoms with Crippen molar-refractivity contribution in [3.8, 4) is 0 Å². The van der Waals surface area contributed by atoms with E-state index < -0.39 is 0 Å². The summed E-state index contributed by atoms with van der Waals surface area (Å²) >= 11 is 12.5. The fourth-order valence-corrected chi connectivity index (χ4v) is 4.52. The maximum Gasteiger partial charge on any atom is 0.259 e. The maximum absolute atomic E-state index is 13.5. The van der Waals surface area contributed by atoms with Crippen LogP contribution in [0.25, 0.3) is 33.8 Å². The predicted octanol–water partition coefficient (Wildman–Crippen LogP) is 6.68. The normalized spacial score (nSPS) is 15.1. The molecule has 0 saturated carbocycles. The smallest absolute Gasteiger partial charge is 0.259 e. The molecule has 0 spiro atoms. The summed E-state index contributed by atoms with van der Waals surface area (Å²) < 4.78 is 17.7. The molecule has 1 aliphatic rings. The van der Waals surface area contributed by atoms with E-state index in [1.807, 2.05) is 30.3 Å². The molecule has 0 amide bonds. The van der Waals surface area contributed by atoms with E-state index in [0.29, 0.717) is 22.0 Å². The lowest BCUT2D eigenvalue weighted by Crippen LogP contribution is -2.10. The van der Waals surface area contributed by atoms with Crippen molar-refractivity contribution in [1.29, 1.82) is 0 Å². The summed E-state index contributed by atoms with van der Waals surface area (Å²) in [6, 6.07) is 19.4. The molecule has 8 heteroatoms. The maximum atomic E-state index is 13.5. The van der Waals surface area contributed by atoms with Gasteiger partial charge in [0.2, 0.25) is 11.2 Å². The zero-order chi connectivity index (χ0) is 24.8. The largest absolute Gasteiger partial charge is 0.462 e. The third-order valence-corrected chi connectivity index (χ3v) is 6.42. The highest BCUT2D eigenvalue weighted by molar-refractivity contribution is 6.35. The lowest BCUT2D eigenvalue weighted by Gasteiger charge is -2.03. The second-order valence-corrected chi connectivity index (χ2v) is 8.92. The molecule has 1 aliphatic heterocycles. The van der Waals surface area contributed by atoms with Crippen molar-refractivity contribution in [1.82, 2.24) is 0 Å². The van der Waals surface area contributed by atoms with Crippen LogP contribution in [-0.2, 0) is 11.3 Å². The number of rotatable bonds is 3. The van der Waals surface area contributed by atoms with Crippen LogP contribution in [0.3, 0.4) is 0 Å². The molecule has 0 bridgehead atoms. The lowest BCUT2D eigenvalue weighted by molar-refractivity contribution is 0.506. The first-order chi connectivity index (χ1) is 17.5. The van der Waals surface area contributed by atoms with Gasteiger partial charge >= 0.3 is 0 Å². The molecule has 6 nitrogen and oxygen atoms in total. The Morgan fingerprint density at radius 3 is 2.25 bits per heavy atom. The highest BCUT2D eigenvalue weighted by atomic mass is 35.5. The third-order valence-electron chi connectivity index (χ3n) is 5.83. The van der Waals surface area contributed by atoms with E-state index in [2.05, 4.69) is 4.99 Å². The minimum Gasteiger partial charge on any atom is -0.462 e. The number of para-hydroxylation sites is 2. The Bertz CT molecular complexity index is 1850. The zero-order valence-electron chi connectivity index (χ0n) is 18.5. The van der Waals surface area contributed by atoms with Crippen molar-refractivity contribution >= 4 is 62.9 Å². The van der Waals surface area contributed by atoms with Gasteiger partial charge in [0.15, 0.2) is 16.6 Å². The number of ether oxygens (including phenoxy) is 1. The molecule has 36 heavy (non-hydrogen) atoms. The standard InChI is InChI=1S/C28H15Cl2NO5/c29-19-10-4-8-17-23(32)16(14-34-25(17)19)12-21-22-24(33)18-9-5-11-20(30)26(18)36-27(22)28(35-21)31-13-15-6-2-1-3-7-15/h1-12,14H,13H2/b21-12-,31-28?. The van der Waals surface area contributed by atoms with Crippen LogP contribution in [-0.4, -0.2) is 5.90 Å². The Morgan fingerprint density at radius 2 is 1.50 bits per heavy atom. The Hall–Kier alpha value is -4.13. The van der Waals surface area contributed by atoms with Crippen molar-refractivity contribution < 1.29 is 13.6 Å². The number of benzene rings is 3. The van der Waals surface area contributed by atoms with Crippen molar-refractivity contribution in [2.24, 2.45) is 4.99 Å². The van der Waals surface area contributed by atoms with Crippen LogP contribution in [0, 0.1) is 0 Å². The lowest BCUT2D eigenvalue weighted by atomic mass is 10.1. The number of aliphatic imine (C=N–C) groups is 1. The van der Waals surface area contributed by atoms with E-state index in [0.717, 1.165) is 5.56 Å². The molecule has 0 atom stereocenters. The Balaban J connectivity index is 1.56. The Labute approximate surface area is 213 Å². The average Bonchev–Trinajstić information content (AvgIpc) is 3.23. The van der Waals surface area contributed by atoms with Gasteiger partial charge in [0.05, 0.1) is 32.9 Å². The van der Waals surface area contributed by atoms with Gasteiger partial charge in [-0.1, -0.05) is 65.7 Å². The van der Waals surface area contributed by atoms with Crippen molar-refractivity contribution in [2.75, 3.05) is 0 Å². The van der Waals surface area contributed by atoms with Crippen molar-refractivity contribution in [3.05, 3.63) is 126 Å². The van der Waals surface area contributed by atoms with Gasteiger partial charge in [0.1, 0.15) is 17.6 Å². The van der Waals surface area contributed by atoms with E-state index in [9.17, 15) is 9.59 Å². The number of hydrogen-bond acceptors (Lipinski definition) is 6. The molecule has 3 heterocycles. The van der Waals surface area contributed by atoms with Gasteiger partial charge in [0, 0.05) is 0 Å². The van der Waals surface area contributed by atoms with Gasteiger partial charge in [-0.2, -0.15) is 0 Å². The van der Waals surface area contributed by atoms with Gasteiger partial charge in [-0.3, -0.25) is 9.59 Å². The summed E-state index contributed by atoms with van der Waals surface area (Å²) in [5, 5.41) is 1.22. The average molecular weight is 516 g/mol. The second-order valence-electron chi connectivity index (χ2n) is 8.11. The predicted molar refractivity (Wildman–Crippen MR) is 141 cm³/mol. The summed E-state index contributed by atoms with van der Waals surface area (Å²) in [6.45, 7) is 0.295. The minimum atomic E-state index is -0.349. The van der Waals surface area contributed by atoms with Gasteiger partial charge in [-0.15, -0.1) is 0 Å². The Morgan fingerprint density at radius 1 is 0.806 bits per heavy atom. The number of nitrogens with zero attached hydrogens (tertiary/aromatic N) is 1. The van der Waals surface area contributed by atoms with Crippen LogP contribution < -0.4 is 10.9 Å². The molecule has 0 aliphatic carbocycles. The fourth-order valence-electron chi connectivity index (χ4n) is 4.09. The highest BCUT2D eigenvalue weighted by Gasteiger charge is 2.33. The molecule has 0 saturated heterocycles. The van der Waals surface area contributed by atoms with Crippen LogP contribution in [0.4, 0.5) is 0 Å². The van der Waals surface area contributed by atoms with Crippen LogP contribution in [0.15, 0.2) is 96.4 Å². The molecule has 176 valence electrons. The van der Waals surface area contributed by atoms with E-state index in [1.54, 1.807) is 36.4 Å². The molecular formula is C28H15Cl2NO5. The summed E-state index contributed by atoms with van der Waals surface area (Å²) in [4.78, 5) is 31.2. The number of fused-ring (bicyclic) bond motifs is 3. The molecule has 2 aromatic heterocycles. The number of hydrogen-bond donors (Lipinski definition) is 0. The van der Waals surface area contributed by atoms with Gasteiger partial charge in [0.25, 0.3) is 5.90 Å². The molecular weight excluding hydrogens is 501 g/mol. The van der Waals surface area contributed by atoms with Crippen LogP contribution in [0.5, 0.6) is 0 Å². The van der Waals surface area contributed by atoms with Gasteiger partial charge < -0.3 is 13.6 Å². The van der Waals surface area contributed by atoms with E-state index in [4.69, 9.17) is 36.8 Å². The first-order valence-electron chi connectivity index (χ1n) is 11.0.